The Labute approximate surface area is 159 Å². The lowest BCUT2D eigenvalue weighted by atomic mass is 10.0. The van der Waals surface area contributed by atoms with Crippen LogP contribution in [0.3, 0.4) is 0 Å². The summed E-state index contributed by atoms with van der Waals surface area (Å²) in [6.45, 7) is 2.05. The first-order valence-electron chi connectivity index (χ1n) is 8.59. The number of benzene rings is 2. The maximum atomic E-state index is 14.0. The summed E-state index contributed by atoms with van der Waals surface area (Å²) >= 11 is 0. The zero-order valence-electron chi connectivity index (χ0n) is 14.9. The minimum Gasteiger partial charge on any atom is -0.472 e. The van der Waals surface area contributed by atoms with E-state index in [9.17, 15) is 13.6 Å². The first-order chi connectivity index (χ1) is 13.5. The van der Waals surface area contributed by atoms with Crippen molar-refractivity contribution in [2.45, 2.75) is 13.0 Å². The second kappa shape index (κ2) is 6.88. The number of nitrogens with zero attached hydrogens (tertiary/aromatic N) is 3. The monoisotopic (exact) mass is 382 g/mol. The van der Waals surface area contributed by atoms with Crippen molar-refractivity contribution in [1.29, 1.82) is 0 Å². The molecule has 0 saturated heterocycles. The maximum Gasteiger partial charge on any atom is 0.267 e. The predicted octanol–water partition coefficient (Wildman–Crippen LogP) is 3.43. The second-order valence-corrected chi connectivity index (χ2v) is 6.43. The highest BCUT2D eigenvalue weighted by atomic mass is 19.1. The fraction of sp³-hybridized carbons (Fsp3) is 0.150. The number of halogens is 2. The molecule has 6 nitrogen and oxygen atoms in total. The van der Waals surface area contributed by atoms with Crippen LogP contribution in [0.2, 0.25) is 0 Å². The minimum absolute atomic E-state index is 0.0270. The summed E-state index contributed by atoms with van der Waals surface area (Å²) in [5, 5.41) is 0. The number of hydrogen-bond donors (Lipinski definition) is 1. The molecule has 0 fully saturated rings. The van der Waals surface area contributed by atoms with Crippen LogP contribution in [0.5, 0.6) is 5.88 Å². The Morgan fingerprint density at radius 3 is 2.43 bits per heavy atom. The third-order valence-corrected chi connectivity index (χ3v) is 4.48. The van der Waals surface area contributed by atoms with Crippen molar-refractivity contribution in [3.8, 4) is 17.0 Å². The highest BCUT2D eigenvalue weighted by Gasteiger charge is 2.31. The molecule has 8 heteroatoms. The van der Waals surface area contributed by atoms with Gasteiger partial charge in [-0.15, -0.1) is 0 Å². The molecule has 2 heterocycles. The van der Waals surface area contributed by atoms with Crippen molar-refractivity contribution in [2.75, 3.05) is 17.2 Å². The SMILES string of the molecule is CC1CN(c2ccc(-c3c(F)cccc3F)cc2)C(=O)c2c(N)ncnc2O1. The number of anilines is 2. The third-order valence-electron chi connectivity index (χ3n) is 4.48. The van der Waals surface area contributed by atoms with Crippen LogP contribution in [0.25, 0.3) is 11.1 Å². The molecule has 0 bridgehead atoms. The lowest BCUT2D eigenvalue weighted by Gasteiger charge is -2.22. The molecule has 1 aromatic heterocycles. The van der Waals surface area contributed by atoms with E-state index in [4.69, 9.17) is 10.5 Å². The molecule has 1 amide bonds. The maximum absolute atomic E-state index is 14.0. The Bertz CT molecular complexity index is 1040. The van der Waals surface area contributed by atoms with Crippen molar-refractivity contribution in [3.63, 3.8) is 0 Å². The fourth-order valence-corrected chi connectivity index (χ4v) is 3.18. The number of amides is 1. The molecular formula is C20H16F2N4O2. The lowest BCUT2D eigenvalue weighted by molar-refractivity contribution is 0.0988. The van der Waals surface area contributed by atoms with Crippen molar-refractivity contribution in [1.82, 2.24) is 9.97 Å². The molecule has 1 aliphatic heterocycles. The van der Waals surface area contributed by atoms with E-state index in [1.54, 1.807) is 31.2 Å². The average Bonchev–Trinajstić information content (AvgIpc) is 2.79. The van der Waals surface area contributed by atoms with Crippen molar-refractivity contribution in [3.05, 3.63) is 66.0 Å². The Kier molecular flexibility index (Phi) is 4.38. The van der Waals surface area contributed by atoms with Gasteiger partial charge < -0.3 is 15.4 Å². The van der Waals surface area contributed by atoms with Crippen molar-refractivity contribution >= 4 is 17.4 Å². The number of fused-ring (bicyclic) bond motifs is 1. The minimum atomic E-state index is -0.653. The molecule has 2 aromatic carbocycles. The molecular weight excluding hydrogens is 366 g/mol. The van der Waals surface area contributed by atoms with Crippen LogP contribution < -0.4 is 15.4 Å². The highest BCUT2D eigenvalue weighted by molar-refractivity contribution is 6.10. The first kappa shape index (κ1) is 17.8. The van der Waals surface area contributed by atoms with Gasteiger partial charge in [-0.2, -0.15) is 0 Å². The van der Waals surface area contributed by atoms with Gasteiger partial charge in [-0.05, 0) is 36.8 Å². The normalized spacial score (nSPS) is 16.3. The molecule has 1 aliphatic rings. The quantitative estimate of drug-likeness (QED) is 0.734. The molecule has 4 rings (SSSR count). The van der Waals surface area contributed by atoms with Crippen LogP contribution in [-0.2, 0) is 0 Å². The van der Waals surface area contributed by atoms with Gasteiger partial charge in [0, 0.05) is 5.69 Å². The van der Waals surface area contributed by atoms with Crippen molar-refractivity contribution in [2.24, 2.45) is 0 Å². The summed E-state index contributed by atoms with van der Waals surface area (Å²) in [5.74, 6) is -1.54. The molecule has 1 unspecified atom stereocenters. The molecule has 28 heavy (non-hydrogen) atoms. The van der Waals surface area contributed by atoms with Crippen LogP contribution >= 0.6 is 0 Å². The summed E-state index contributed by atoms with van der Waals surface area (Å²) in [5.41, 5.74) is 6.75. The molecule has 2 N–H and O–H groups in total. The number of nitrogens with two attached hydrogens (primary N) is 1. The van der Waals surface area contributed by atoms with E-state index in [2.05, 4.69) is 9.97 Å². The van der Waals surface area contributed by atoms with Crippen LogP contribution in [0.15, 0.2) is 48.8 Å². The average molecular weight is 382 g/mol. The summed E-state index contributed by atoms with van der Waals surface area (Å²) in [4.78, 5) is 22.4. The van der Waals surface area contributed by atoms with E-state index in [-0.39, 0.29) is 35.5 Å². The van der Waals surface area contributed by atoms with Crippen LogP contribution in [0.1, 0.15) is 17.3 Å². The molecule has 0 radical (unpaired) electrons. The van der Waals surface area contributed by atoms with Gasteiger partial charge in [0.2, 0.25) is 5.88 Å². The van der Waals surface area contributed by atoms with E-state index >= 15 is 0 Å². The van der Waals surface area contributed by atoms with Gasteiger partial charge in [-0.1, -0.05) is 18.2 Å². The molecule has 0 aliphatic carbocycles. The molecule has 3 aromatic rings. The van der Waals surface area contributed by atoms with E-state index in [1.807, 2.05) is 0 Å². The number of hydrogen-bond acceptors (Lipinski definition) is 5. The van der Waals surface area contributed by atoms with Gasteiger partial charge in [0.25, 0.3) is 5.91 Å². The smallest absolute Gasteiger partial charge is 0.267 e. The fourth-order valence-electron chi connectivity index (χ4n) is 3.18. The highest BCUT2D eigenvalue weighted by Crippen LogP contribution is 2.31. The largest absolute Gasteiger partial charge is 0.472 e. The topological polar surface area (TPSA) is 81.3 Å². The molecule has 142 valence electrons. The van der Waals surface area contributed by atoms with Crippen molar-refractivity contribution < 1.29 is 18.3 Å². The number of carbonyl (C=O) groups excluding carboxylic acids is 1. The second-order valence-electron chi connectivity index (χ2n) is 6.43. The summed E-state index contributed by atoms with van der Waals surface area (Å²) < 4.78 is 33.7. The van der Waals surface area contributed by atoms with E-state index < -0.39 is 17.5 Å². The van der Waals surface area contributed by atoms with Crippen LogP contribution in [0.4, 0.5) is 20.3 Å². The first-order valence-corrected chi connectivity index (χ1v) is 8.59. The number of rotatable bonds is 2. The van der Waals surface area contributed by atoms with Gasteiger partial charge in [0.1, 0.15) is 35.4 Å². The number of ether oxygens (including phenoxy) is 1. The Morgan fingerprint density at radius 2 is 1.75 bits per heavy atom. The lowest BCUT2D eigenvalue weighted by Crippen LogP contribution is -2.36. The molecule has 0 saturated carbocycles. The Morgan fingerprint density at radius 1 is 1.07 bits per heavy atom. The standard InChI is InChI=1S/C20H16F2N4O2/c1-11-9-26(20(27)17-18(23)24-10-25-19(17)28-11)13-7-5-12(6-8-13)16-14(21)3-2-4-15(16)22/h2-8,10-11H,9H2,1H3,(H2,23,24,25). The van der Waals surface area contributed by atoms with Crippen LogP contribution in [-0.4, -0.2) is 28.5 Å². The third kappa shape index (κ3) is 3.02. The van der Waals surface area contributed by atoms with Gasteiger partial charge in [0.15, 0.2) is 0 Å². The summed E-state index contributed by atoms with van der Waals surface area (Å²) in [6.07, 6.45) is 0.893. The zero-order chi connectivity index (χ0) is 19.8. The predicted molar refractivity (Wildman–Crippen MR) is 100 cm³/mol. The summed E-state index contributed by atoms with van der Waals surface area (Å²) in [7, 11) is 0. The Balaban J connectivity index is 1.73. The molecule has 1 atom stereocenters. The van der Waals surface area contributed by atoms with E-state index in [0.717, 1.165) is 0 Å². The van der Waals surface area contributed by atoms with Crippen LogP contribution in [0, 0.1) is 11.6 Å². The van der Waals surface area contributed by atoms with E-state index in [1.165, 1.54) is 29.4 Å². The van der Waals surface area contributed by atoms with Gasteiger partial charge in [-0.3, -0.25) is 4.79 Å². The van der Waals surface area contributed by atoms with Gasteiger partial charge in [0.05, 0.1) is 12.1 Å². The Hall–Kier alpha value is -3.55. The van der Waals surface area contributed by atoms with Gasteiger partial charge in [-0.25, -0.2) is 18.7 Å². The number of aromatic nitrogens is 2. The number of nitrogen functional groups attached to an aromatic ring is 1. The zero-order valence-corrected chi connectivity index (χ0v) is 14.9. The van der Waals surface area contributed by atoms with Gasteiger partial charge >= 0.3 is 0 Å². The van der Waals surface area contributed by atoms with E-state index in [0.29, 0.717) is 11.3 Å². The summed E-state index contributed by atoms with van der Waals surface area (Å²) in [6, 6.07) is 10.1. The number of carbonyl (C=O) groups is 1. The molecule has 0 spiro atoms.